The monoisotopic (exact) mass is 474 g/mol. The number of rotatable bonds is 5. The number of nitrogens with one attached hydrogen (secondary N) is 1. The largest absolute Gasteiger partial charge is 0.507 e. The van der Waals surface area contributed by atoms with Crippen LogP contribution in [0.15, 0.2) is 52.0 Å². The Hall–Kier alpha value is -1.61. The highest BCUT2D eigenvalue weighted by molar-refractivity contribution is 14.1. The average molecular weight is 475 g/mol. The normalized spacial score (nSPS) is 10.6. The van der Waals surface area contributed by atoms with Gasteiger partial charge in [-0.25, -0.2) is 5.43 Å². The minimum atomic E-state index is -0.354. The van der Waals surface area contributed by atoms with Gasteiger partial charge in [0.1, 0.15) is 11.5 Å². The zero-order valence-corrected chi connectivity index (χ0v) is 15.0. The minimum Gasteiger partial charge on any atom is -0.507 e. The van der Waals surface area contributed by atoms with Crippen LogP contribution in [0.1, 0.15) is 5.56 Å². The van der Waals surface area contributed by atoms with E-state index in [-0.39, 0.29) is 18.3 Å². The number of hydrazone groups is 1. The maximum Gasteiger partial charge on any atom is 0.277 e. The van der Waals surface area contributed by atoms with Crippen molar-refractivity contribution in [3.63, 3.8) is 0 Å². The van der Waals surface area contributed by atoms with E-state index in [2.05, 4.69) is 26.5 Å². The first kappa shape index (κ1) is 16.8. The first-order valence-corrected chi connectivity index (χ1v) is 8.10. The van der Waals surface area contributed by atoms with Gasteiger partial charge in [-0.3, -0.25) is 4.79 Å². The van der Waals surface area contributed by atoms with Crippen molar-refractivity contribution < 1.29 is 14.6 Å². The van der Waals surface area contributed by atoms with E-state index >= 15 is 0 Å². The standard InChI is InChI=1S/C15H12BrIN2O3/c16-11-2-4-12(5-3-11)22-9-15(21)19-18-8-10-1-6-14(20)13(17)7-10/h1-8,20H,9H2,(H,19,21)/b18-8-. The van der Waals surface area contributed by atoms with Crippen LogP contribution in [-0.4, -0.2) is 23.8 Å². The summed E-state index contributed by atoms with van der Waals surface area (Å²) in [6.45, 7) is -0.119. The van der Waals surface area contributed by atoms with Crippen LogP contribution in [0.4, 0.5) is 0 Å². The molecule has 2 rings (SSSR count). The van der Waals surface area contributed by atoms with Crippen molar-refractivity contribution >= 4 is 50.6 Å². The molecule has 2 aromatic carbocycles. The van der Waals surface area contributed by atoms with Crippen molar-refractivity contribution in [2.45, 2.75) is 0 Å². The first-order chi connectivity index (χ1) is 10.5. The van der Waals surface area contributed by atoms with Crippen molar-refractivity contribution in [2.24, 2.45) is 5.10 Å². The van der Waals surface area contributed by atoms with E-state index < -0.39 is 0 Å². The number of hydrogen-bond donors (Lipinski definition) is 2. The zero-order valence-electron chi connectivity index (χ0n) is 11.3. The highest BCUT2D eigenvalue weighted by atomic mass is 127. The molecular formula is C15H12BrIN2O3. The lowest BCUT2D eigenvalue weighted by atomic mass is 10.2. The molecule has 2 N–H and O–H groups in total. The number of hydrogen-bond acceptors (Lipinski definition) is 4. The smallest absolute Gasteiger partial charge is 0.277 e. The second-order valence-corrected chi connectivity index (χ2v) is 6.32. The lowest BCUT2D eigenvalue weighted by Crippen LogP contribution is -2.24. The number of phenolic OH excluding ortho intramolecular Hbond substituents is 1. The fraction of sp³-hybridized carbons (Fsp3) is 0.0667. The number of ether oxygens (including phenoxy) is 1. The topological polar surface area (TPSA) is 70.9 Å². The van der Waals surface area contributed by atoms with Gasteiger partial charge in [0.25, 0.3) is 5.91 Å². The quantitative estimate of drug-likeness (QED) is 0.397. The molecule has 0 unspecified atom stereocenters. The maximum atomic E-state index is 11.6. The molecule has 0 aliphatic rings. The summed E-state index contributed by atoms with van der Waals surface area (Å²) in [7, 11) is 0. The van der Waals surface area contributed by atoms with Crippen molar-refractivity contribution in [2.75, 3.05) is 6.61 Å². The number of halogens is 2. The molecule has 7 heteroatoms. The van der Waals surface area contributed by atoms with Gasteiger partial charge < -0.3 is 9.84 Å². The Morgan fingerprint density at radius 1 is 1.32 bits per heavy atom. The number of aromatic hydroxyl groups is 1. The summed E-state index contributed by atoms with van der Waals surface area (Å²) in [5, 5.41) is 13.3. The molecule has 0 saturated carbocycles. The molecule has 0 aliphatic carbocycles. The molecule has 0 heterocycles. The third kappa shape index (κ3) is 5.30. The maximum absolute atomic E-state index is 11.6. The number of amides is 1. The van der Waals surface area contributed by atoms with Crippen molar-refractivity contribution in [3.05, 3.63) is 56.1 Å². The van der Waals surface area contributed by atoms with E-state index in [9.17, 15) is 9.90 Å². The lowest BCUT2D eigenvalue weighted by molar-refractivity contribution is -0.123. The van der Waals surface area contributed by atoms with E-state index in [4.69, 9.17) is 4.74 Å². The Labute approximate surface area is 149 Å². The Morgan fingerprint density at radius 2 is 2.05 bits per heavy atom. The van der Waals surface area contributed by atoms with Crippen LogP contribution in [0, 0.1) is 3.57 Å². The van der Waals surface area contributed by atoms with Gasteiger partial charge in [0.2, 0.25) is 0 Å². The van der Waals surface area contributed by atoms with Gasteiger partial charge >= 0.3 is 0 Å². The van der Waals surface area contributed by atoms with Gasteiger partial charge in [-0.15, -0.1) is 0 Å². The fourth-order valence-electron chi connectivity index (χ4n) is 1.49. The predicted molar refractivity (Wildman–Crippen MR) is 96.2 cm³/mol. The summed E-state index contributed by atoms with van der Waals surface area (Å²) in [6, 6.07) is 12.2. The highest BCUT2D eigenvalue weighted by Crippen LogP contribution is 2.19. The molecule has 0 aromatic heterocycles. The van der Waals surface area contributed by atoms with Crippen LogP contribution < -0.4 is 10.2 Å². The number of phenols is 1. The van der Waals surface area contributed by atoms with E-state index in [0.717, 1.165) is 10.0 Å². The van der Waals surface area contributed by atoms with Crippen LogP contribution in [0.2, 0.25) is 0 Å². The molecule has 0 bridgehead atoms. The second-order valence-electron chi connectivity index (χ2n) is 4.25. The van der Waals surface area contributed by atoms with Crippen LogP contribution in [0.3, 0.4) is 0 Å². The Morgan fingerprint density at radius 3 is 2.73 bits per heavy atom. The van der Waals surface area contributed by atoms with Gasteiger partial charge in [0.15, 0.2) is 6.61 Å². The molecule has 0 spiro atoms. The molecule has 0 fully saturated rings. The van der Waals surface area contributed by atoms with E-state index in [1.54, 1.807) is 30.3 Å². The molecule has 0 aliphatic heterocycles. The highest BCUT2D eigenvalue weighted by Gasteiger charge is 2.01. The van der Waals surface area contributed by atoms with Gasteiger partial charge in [-0.1, -0.05) is 15.9 Å². The minimum absolute atomic E-state index is 0.119. The number of carbonyl (C=O) groups excluding carboxylic acids is 1. The fourth-order valence-corrected chi connectivity index (χ4v) is 2.30. The lowest BCUT2D eigenvalue weighted by Gasteiger charge is -2.04. The molecule has 1 amide bonds. The Kier molecular flexibility index (Phi) is 6.20. The Balaban J connectivity index is 1.80. The van der Waals surface area contributed by atoms with Crippen molar-refractivity contribution in [1.82, 2.24) is 5.43 Å². The van der Waals surface area contributed by atoms with Crippen molar-refractivity contribution in [3.8, 4) is 11.5 Å². The second kappa shape index (κ2) is 8.14. The predicted octanol–water partition coefficient (Wildman–Crippen LogP) is 3.29. The van der Waals surface area contributed by atoms with Gasteiger partial charge in [0.05, 0.1) is 9.78 Å². The summed E-state index contributed by atoms with van der Waals surface area (Å²) in [6.07, 6.45) is 1.50. The van der Waals surface area contributed by atoms with Crippen LogP contribution in [0.25, 0.3) is 0 Å². The van der Waals surface area contributed by atoms with Crippen LogP contribution in [-0.2, 0) is 4.79 Å². The van der Waals surface area contributed by atoms with Gasteiger partial charge in [0, 0.05) is 4.47 Å². The molecule has 0 saturated heterocycles. The molecular weight excluding hydrogens is 463 g/mol. The summed E-state index contributed by atoms with van der Waals surface area (Å²) in [5.41, 5.74) is 3.15. The molecule has 5 nitrogen and oxygen atoms in total. The zero-order chi connectivity index (χ0) is 15.9. The third-order valence-corrected chi connectivity index (χ3v) is 3.95. The number of carbonyl (C=O) groups is 1. The van der Waals surface area contributed by atoms with Gasteiger partial charge in [-0.2, -0.15) is 5.10 Å². The van der Waals surface area contributed by atoms with E-state index in [1.807, 2.05) is 34.7 Å². The SMILES string of the molecule is O=C(COc1ccc(Br)cc1)N/N=C\c1ccc(O)c(I)c1. The third-order valence-electron chi connectivity index (χ3n) is 2.56. The van der Waals surface area contributed by atoms with Crippen molar-refractivity contribution in [1.29, 1.82) is 0 Å². The molecule has 2 aromatic rings. The van der Waals surface area contributed by atoms with Crippen LogP contribution in [0.5, 0.6) is 11.5 Å². The van der Waals surface area contributed by atoms with Crippen LogP contribution >= 0.6 is 38.5 Å². The Bertz CT molecular complexity index is 690. The first-order valence-electron chi connectivity index (χ1n) is 6.23. The summed E-state index contributed by atoms with van der Waals surface area (Å²) >= 11 is 5.34. The average Bonchev–Trinajstić information content (AvgIpc) is 2.50. The number of benzene rings is 2. The molecule has 114 valence electrons. The molecule has 0 atom stereocenters. The summed E-state index contributed by atoms with van der Waals surface area (Å²) < 4.78 is 6.98. The number of nitrogens with zero attached hydrogens (tertiary/aromatic N) is 1. The van der Waals surface area contributed by atoms with E-state index in [1.165, 1.54) is 6.21 Å². The molecule has 22 heavy (non-hydrogen) atoms. The summed E-state index contributed by atoms with van der Waals surface area (Å²) in [5.74, 6) is 0.466. The van der Waals surface area contributed by atoms with Gasteiger partial charge in [-0.05, 0) is 70.6 Å². The van der Waals surface area contributed by atoms with E-state index in [0.29, 0.717) is 9.32 Å². The summed E-state index contributed by atoms with van der Waals surface area (Å²) in [4.78, 5) is 11.6. The molecule has 0 radical (unpaired) electrons.